The van der Waals surface area contributed by atoms with E-state index in [1.165, 1.54) is 0 Å². The Labute approximate surface area is 55.8 Å². The molecule has 0 aliphatic carbocycles. The van der Waals surface area contributed by atoms with E-state index in [2.05, 4.69) is 0 Å². The smallest absolute Gasteiger partial charge is 0.127 e. The molecular formula is C4H8F4N2. The molecule has 0 heterocycles. The second-order valence-corrected chi connectivity index (χ2v) is 1.83. The van der Waals surface area contributed by atoms with Gasteiger partial charge in [0.1, 0.15) is 5.45 Å². The fourth-order valence-electron chi connectivity index (χ4n) is 0.413. The largest absolute Gasteiger partial charge is 0.251 e. The van der Waals surface area contributed by atoms with Gasteiger partial charge in [-0.25, -0.2) is 0 Å². The molecule has 0 saturated carbocycles. The molecule has 0 fully saturated rings. The summed E-state index contributed by atoms with van der Waals surface area (Å²) < 4.78 is 45.9. The van der Waals surface area contributed by atoms with E-state index < -0.39 is 23.4 Å². The minimum atomic E-state index is -1.71. The highest BCUT2D eigenvalue weighted by Gasteiger charge is 2.20. The van der Waals surface area contributed by atoms with E-state index in [-0.39, 0.29) is 6.42 Å². The first-order valence-corrected chi connectivity index (χ1v) is 2.72. The van der Waals surface area contributed by atoms with Gasteiger partial charge in [0.25, 0.3) is 0 Å². The van der Waals surface area contributed by atoms with Crippen LogP contribution in [0.1, 0.15) is 13.3 Å². The number of hydrazine groups is 1. The summed E-state index contributed by atoms with van der Waals surface area (Å²) in [5.41, 5.74) is -1.71. The van der Waals surface area contributed by atoms with Crippen molar-refractivity contribution in [2.45, 2.75) is 19.4 Å². The highest BCUT2D eigenvalue weighted by atomic mass is 19.4. The van der Waals surface area contributed by atoms with Crippen LogP contribution in [0.25, 0.3) is 0 Å². The maximum absolute atomic E-state index is 11.9. The second kappa shape index (κ2) is 4.45. The Bertz CT molecular complexity index is 89.3. The SMILES string of the molecule is CC(CCF)N(F)N(F)F. The van der Waals surface area contributed by atoms with Crippen LogP contribution in [-0.4, -0.2) is 23.4 Å². The van der Waals surface area contributed by atoms with Gasteiger partial charge >= 0.3 is 0 Å². The molecule has 0 aliphatic rings. The molecule has 0 N–H and O–H groups in total. The predicted octanol–water partition coefficient (Wildman–Crippen LogP) is 1.91. The van der Waals surface area contributed by atoms with Crippen LogP contribution in [0.15, 0.2) is 0 Å². The molecule has 0 aliphatic heterocycles. The van der Waals surface area contributed by atoms with Crippen LogP contribution in [0.2, 0.25) is 0 Å². The standard InChI is InChI=1S/C4H8F4N2/c1-4(2-3-5)9(6)10(7)8/h4H,2-3H2,1H3. The quantitative estimate of drug-likeness (QED) is 0.352. The van der Waals surface area contributed by atoms with Gasteiger partial charge < -0.3 is 0 Å². The van der Waals surface area contributed by atoms with Gasteiger partial charge in [-0.15, -0.1) is 4.48 Å². The summed E-state index contributed by atoms with van der Waals surface area (Å²) in [7, 11) is 0. The lowest BCUT2D eigenvalue weighted by molar-refractivity contribution is -0.384. The Morgan fingerprint density at radius 1 is 1.30 bits per heavy atom. The lowest BCUT2D eigenvalue weighted by atomic mass is 10.3. The Hall–Kier alpha value is -0.360. The third-order valence-corrected chi connectivity index (χ3v) is 1.04. The highest BCUT2D eigenvalue weighted by Crippen LogP contribution is 2.09. The molecule has 0 radical (unpaired) electrons. The first kappa shape index (κ1) is 9.64. The summed E-state index contributed by atoms with van der Waals surface area (Å²) in [6.45, 7) is 0.348. The van der Waals surface area contributed by atoms with Crippen molar-refractivity contribution in [3.05, 3.63) is 0 Å². The van der Waals surface area contributed by atoms with Crippen LogP contribution in [0.3, 0.4) is 0 Å². The van der Waals surface area contributed by atoms with E-state index in [9.17, 15) is 17.8 Å². The fourth-order valence-corrected chi connectivity index (χ4v) is 0.413. The number of hydrogen-bond acceptors (Lipinski definition) is 2. The number of hydrogen-bond donors (Lipinski definition) is 0. The molecule has 0 spiro atoms. The molecule has 0 rings (SSSR count). The van der Waals surface area contributed by atoms with Gasteiger partial charge in [-0.3, -0.25) is 4.39 Å². The Kier molecular flexibility index (Phi) is 4.29. The van der Waals surface area contributed by atoms with Crippen molar-refractivity contribution in [3.63, 3.8) is 0 Å². The monoisotopic (exact) mass is 160 g/mol. The van der Waals surface area contributed by atoms with Gasteiger partial charge in [0, 0.05) is 0 Å². The van der Waals surface area contributed by atoms with E-state index in [1.54, 1.807) is 0 Å². The van der Waals surface area contributed by atoms with Crippen LogP contribution in [0.5, 0.6) is 0 Å². The molecule has 62 valence electrons. The lowest BCUT2D eigenvalue weighted by Crippen LogP contribution is -2.32. The zero-order valence-corrected chi connectivity index (χ0v) is 5.40. The average Bonchev–Trinajstić information content (AvgIpc) is 1.87. The maximum atomic E-state index is 11.9. The number of alkyl halides is 1. The predicted molar refractivity (Wildman–Crippen MR) is 27.1 cm³/mol. The topological polar surface area (TPSA) is 6.48 Å². The highest BCUT2D eigenvalue weighted by molar-refractivity contribution is 4.51. The van der Waals surface area contributed by atoms with E-state index in [4.69, 9.17) is 0 Å². The number of nitrogens with zero attached hydrogens (tertiary/aromatic N) is 2. The summed E-state index contributed by atoms with van der Waals surface area (Å²) in [5, 5.41) is -0.820. The Morgan fingerprint density at radius 2 is 1.80 bits per heavy atom. The minimum absolute atomic E-state index is 0.249. The maximum Gasteiger partial charge on any atom is 0.127 e. The molecule has 1 unspecified atom stereocenters. The van der Waals surface area contributed by atoms with Crippen LogP contribution < -0.4 is 0 Å². The van der Waals surface area contributed by atoms with Crippen molar-refractivity contribution in [1.82, 2.24) is 10.7 Å². The van der Waals surface area contributed by atoms with Gasteiger partial charge in [-0.1, -0.05) is 8.96 Å². The summed E-state index contributed by atoms with van der Waals surface area (Å²) in [4.78, 5) is 0. The van der Waals surface area contributed by atoms with Crippen molar-refractivity contribution < 1.29 is 17.8 Å². The summed E-state index contributed by atoms with van der Waals surface area (Å²) >= 11 is 0. The van der Waals surface area contributed by atoms with E-state index in [1.807, 2.05) is 0 Å². The molecule has 0 saturated heterocycles. The molecule has 0 bridgehead atoms. The van der Waals surface area contributed by atoms with Gasteiger partial charge in [-0.2, -0.15) is 0 Å². The van der Waals surface area contributed by atoms with Gasteiger partial charge in [0.15, 0.2) is 0 Å². The molecule has 0 aromatic carbocycles. The normalized spacial score (nSPS) is 14.7. The average molecular weight is 160 g/mol. The third-order valence-electron chi connectivity index (χ3n) is 1.04. The third kappa shape index (κ3) is 2.98. The van der Waals surface area contributed by atoms with E-state index in [0.29, 0.717) is 0 Å². The van der Waals surface area contributed by atoms with Crippen LogP contribution in [-0.2, 0) is 0 Å². The molecule has 0 aromatic heterocycles. The second-order valence-electron chi connectivity index (χ2n) is 1.83. The Morgan fingerprint density at radius 3 is 2.10 bits per heavy atom. The van der Waals surface area contributed by atoms with Crippen LogP contribution in [0, 0.1) is 0 Å². The fraction of sp³-hybridized carbons (Fsp3) is 1.00. The van der Waals surface area contributed by atoms with Crippen LogP contribution in [0.4, 0.5) is 17.8 Å². The van der Waals surface area contributed by atoms with Crippen molar-refractivity contribution in [3.8, 4) is 0 Å². The molecule has 1 atom stereocenters. The Balaban J connectivity index is 3.58. The lowest BCUT2D eigenvalue weighted by Gasteiger charge is -2.16. The van der Waals surface area contributed by atoms with E-state index in [0.717, 1.165) is 6.92 Å². The molecule has 0 aromatic rings. The van der Waals surface area contributed by atoms with Gasteiger partial charge in [0.05, 0.1) is 12.7 Å². The molecule has 2 nitrogen and oxygen atoms in total. The minimum Gasteiger partial charge on any atom is -0.251 e. The number of rotatable bonds is 4. The first-order chi connectivity index (χ1) is 4.59. The van der Waals surface area contributed by atoms with Gasteiger partial charge in [0.2, 0.25) is 0 Å². The molecule has 6 heteroatoms. The zero-order chi connectivity index (χ0) is 8.15. The van der Waals surface area contributed by atoms with Crippen molar-refractivity contribution >= 4 is 0 Å². The summed E-state index contributed by atoms with van der Waals surface area (Å²) in [5.74, 6) is 0. The first-order valence-electron chi connectivity index (χ1n) is 2.72. The van der Waals surface area contributed by atoms with Crippen molar-refractivity contribution in [2.24, 2.45) is 0 Å². The molecule has 0 amide bonds. The molecular weight excluding hydrogens is 152 g/mol. The number of halogens is 4. The zero-order valence-electron chi connectivity index (χ0n) is 5.40. The van der Waals surface area contributed by atoms with E-state index >= 15 is 0 Å². The summed E-state index contributed by atoms with van der Waals surface area (Å²) in [6.07, 6.45) is -0.249. The van der Waals surface area contributed by atoms with Crippen LogP contribution >= 0.6 is 0 Å². The molecule has 10 heavy (non-hydrogen) atoms. The summed E-state index contributed by atoms with van der Waals surface area (Å²) in [6, 6.07) is -1.13. The van der Waals surface area contributed by atoms with Crippen molar-refractivity contribution in [2.75, 3.05) is 6.67 Å². The van der Waals surface area contributed by atoms with Gasteiger partial charge in [-0.05, 0) is 18.6 Å². The van der Waals surface area contributed by atoms with Crippen molar-refractivity contribution in [1.29, 1.82) is 0 Å².